The minimum atomic E-state index is -2.30. The first-order valence-corrected chi connectivity index (χ1v) is 12.1. The van der Waals surface area contributed by atoms with Crippen LogP contribution < -0.4 is 0 Å². The molecule has 1 heterocycles. The highest BCUT2D eigenvalue weighted by Crippen LogP contribution is 2.45. The van der Waals surface area contributed by atoms with E-state index in [0.717, 1.165) is 5.56 Å². The molecule has 1 fully saturated rings. The fraction of sp³-hybridized carbons (Fsp3) is 0.714. The lowest BCUT2D eigenvalue weighted by molar-refractivity contribution is -0.127. The molecule has 1 aliphatic rings. The maximum atomic E-state index is 14.8. The SMILES string of the molecule is CC(C)[Si](O[C@@H]1[C@@H](F)[C@H](O)O[C@@H]1COCc1ccccc1)(C(C)C)C(C)C. The minimum Gasteiger partial charge on any atom is -0.407 e. The Labute approximate surface area is 164 Å². The zero-order valence-electron chi connectivity index (χ0n) is 17.4. The molecule has 1 saturated heterocycles. The van der Waals surface area contributed by atoms with Crippen LogP contribution in [0.1, 0.15) is 47.1 Å². The van der Waals surface area contributed by atoms with Crippen molar-refractivity contribution in [1.29, 1.82) is 0 Å². The van der Waals surface area contributed by atoms with Crippen LogP contribution in [0.2, 0.25) is 16.6 Å². The Hall–Kier alpha value is -0.793. The Bertz CT molecular complexity index is 545. The monoisotopic (exact) mass is 398 g/mol. The van der Waals surface area contributed by atoms with Crippen molar-refractivity contribution in [2.75, 3.05) is 6.61 Å². The molecule has 0 aromatic heterocycles. The van der Waals surface area contributed by atoms with Crippen LogP contribution in [0, 0.1) is 0 Å². The highest BCUT2D eigenvalue weighted by Gasteiger charge is 2.53. The maximum absolute atomic E-state index is 14.8. The lowest BCUT2D eigenvalue weighted by Crippen LogP contribution is -2.53. The fourth-order valence-corrected chi connectivity index (χ4v) is 10.1. The number of rotatable bonds is 9. The number of benzene rings is 1. The molecule has 4 atom stereocenters. The molecule has 0 amide bonds. The Morgan fingerprint density at radius 3 is 2.11 bits per heavy atom. The molecule has 1 aromatic carbocycles. The summed E-state index contributed by atoms with van der Waals surface area (Å²) in [5.74, 6) is 0. The molecule has 0 spiro atoms. The highest BCUT2D eigenvalue weighted by molar-refractivity contribution is 6.77. The third kappa shape index (κ3) is 4.98. The summed E-state index contributed by atoms with van der Waals surface area (Å²) in [6.45, 7) is 13.6. The van der Waals surface area contributed by atoms with E-state index >= 15 is 0 Å². The van der Waals surface area contributed by atoms with E-state index in [9.17, 15) is 9.50 Å². The molecule has 2 rings (SSSR count). The van der Waals surface area contributed by atoms with Crippen LogP contribution in [-0.2, 0) is 20.5 Å². The van der Waals surface area contributed by atoms with Crippen molar-refractivity contribution < 1.29 is 23.4 Å². The summed E-state index contributed by atoms with van der Waals surface area (Å²) in [6, 6.07) is 9.80. The first-order valence-electron chi connectivity index (χ1n) is 9.97. The van der Waals surface area contributed by atoms with E-state index in [-0.39, 0.29) is 6.61 Å². The largest absolute Gasteiger partial charge is 0.407 e. The number of ether oxygens (including phenoxy) is 2. The lowest BCUT2D eigenvalue weighted by atomic mass is 10.2. The van der Waals surface area contributed by atoms with Gasteiger partial charge in [-0.15, -0.1) is 0 Å². The predicted octanol–water partition coefficient (Wildman–Crippen LogP) is 4.82. The average Bonchev–Trinajstić information content (AvgIpc) is 2.86. The molecule has 1 aromatic rings. The second-order valence-electron chi connectivity index (χ2n) is 8.41. The number of hydrogen-bond donors (Lipinski definition) is 1. The summed E-state index contributed by atoms with van der Waals surface area (Å²) < 4.78 is 32.6. The zero-order valence-corrected chi connectivity index (χ0v) is 18.4. The van der Waals surface area contributed by atoms with Crippen LogP contribution in [0.25, 0.3) is 0 Å². The van der Waals surface area contributed by atoms with Gasteiger partial charge in [0.05, 0.1) is 13.2 Å². The molecule has 0 unspecified atom stereocenters. The molecule has 0 aliphatic carbocycles. The summed E-state index contributed by atoms with van der Waals surface area (Å²) in [5, 5.41) is 9.95. The van der Waals surface area contributed by atoms with Crippen molar-refractivity contribution in [2.45, 2.75) is 89.4 Å². The number of aliphatic hydroxyl groups excluding tert-OH is 1. The van der Waals surface area contributed by atoms with Crippen molar-refractivity contribution >= 4 is 8.32 Å². The van der Waals surface area contributed by atoms with E-state index in [0.29, 0.717) is 23.2 Å². The third-order valence-electron chi connectivity index (χ3n) is 5.71. The molecule has 0 radical (unpaired) electrons. The molecule has 1 aliphatic heterocycles. The standard InChI is InChI=1S/C21H35FO4Si/c1-14(2)27(15(3)4,16(5)6)26-20-18(25-21(23)19(20)22)13-24-12-17-10-8-7-9-11-17/h7-11,14-16,18-21,23H,12-13H2,1-6H3/t18-,19-,20+,21-/m1/s1. The second-order valence-corrected chi connectivity index (χ2v) is 13.8. The van der Waals surface area contributed by atoms with Crippen molar-refractivity contribution in [3.05, 3.63) is 35.9 Å². The number of halogens is 1. The third-order valence-corrected chi connectivity index (χ3v) is 11.8. The van der Waals surface area contributed by atoms with Crippen LogP contribution in [-0.4, -0.2) is 44.7 Å². The van der Waals surface area contributed by atoms with E-state index in [1.165, 1.54) is 0 Å². The van der Waals surface area contributed by atoms with Gasteiger partial charge >= 0.3 is 0 Å². The van der Waals surface area contributed by atoms with Crippen LogP contribution >= 0.6 is 0 Å². The molecule has 0 bridgehead atoms. The van der Waals surface area contributed by atoms with Crippen LogP contribution in [0.4, 0.5) is 4.39 Å². The normalized spacial score (nSPS) is 26.5. The van der Waals surface area contributed by atoms with Gasteiger partial charge in [-0.1, -0.05) is 71.9 Å². The van der Waals surface area contributed by atoms with Crippen LogP contribution in [0.5, 0.6) is 0 Å². The fourth-order valence-electron chi connectivity index (χ4n) is 4.49. The summed E-state index contributed by atoms with van der Waals surface area (Å²) in [7, 11) is -2.30. The van der Waals surface area contributed by atoms with Crippen molar-refractivity contribution in [3.8, 4) is 0 Å². The second kappa shape index (κ2) is 9.61. The number of aliphatic hydroxyl groups is 1. The van der Waals surface area contributed by atoms with Gasteiger partial charge in [-0.2, -0.15) is 0 Å². The van der Waals surface area contributed by atoms with Crippen molar-refractivity contribution in [2.24, 2.45) is 0 Å². The van der Waals surface area contributed by atoms with Gasteiger partial charge in [0, 0.05) is 0 Å². The molecule has 27 heavy (non-hydrogen) atoms. The molecule has 0 saturated carbocycles. The van der Waals surface area contributed by atoms with Crippen molar-refractivity contribution in [3.63, 3.8) is 0 Å². The van der Waals surface area contributed by atoms with Gasteiger partial charge < -0.3 is 19.0 Å². The highest BCUT2D eigenvalue weighted by atomic mass is 28.4. The maximum Gasteiger partial charge on any atom is 0.201 e. The van der Waals surface area contributed by atoms with E-state index < -0.39 is 33.0 Å². The average molecular weight is 399 g/mol. The molecule has 154 valence electrons. The van der Waals surface area contributed by atoms with Crippen molar-refractivity contribution in [1.82, 2.24) is 0 Å². The number of hydrogen-bond acceptors (Lipinski definition) is 4. The first-order chi connectivity index (χ1) is 12.7. The van der Waals surface area contributed by atoms with Gasteiger partial charge in [0.15, 0.2) is 12.5 Å². The Morgan fingerprint density at radius 2 is 1.59 bits per heavy atom. The van der Waals surface area contributed by atoms with Gasteiger partial charge in [-0.3, -0.25) is 0 Å². The van der Waals surface area contributed by atoms with Gasteiger partial charge in [-0.25, -0.2) is 4.39 Å². The topological polar surface area (TPSA) is 47.9 Å². The number of alkyl halides is 1. The van der Waals surface area contributed by atoms with E-state index in [1.54, 1.807) is 0 Å². The molecular formula is C21H35FO4Si. The summed E-state index contributed by atoms with van der Waals surface area (Å²) >= 11 is 0. The molecule has 4 nitrogen and oxygen atoms in total. The van der Waals surface area contributed by atoms with Crippen LogP contribution in [0.15, 0.2) is 30.3 Å². The van der Waals surface area contributed by atoms with Crippen LogP contribution in [0.3, 0.4) is 0 Å². The van der Waals surface area contributed by atoms with E-state index in [4.69, 9.17) is 13.9 Å². The smallest absolute Gasteiger partial charge is 0.201 e. The molecular weight excluding hydrogens is 363 g/mol. The Morgan fingerprint density at radius 1 is 1.04 bits per heavy atom. The zero-order chi connectivity index (χ0) is 20.2. The summed E-state index contributed by atoms with van der Waals surface area (Å²) in [5.41, 5.74) is 2.02. The summed E-state index contributed by atoms with van der Waals surface area (Å²) in [4.78, 5) is 0. The quantitative estimate of drug-likeness (QED) is 0.606. The van der Waals surface area contributed by atoms with Gasteiger partial charge in [0.25, 0.3) is 0 Å². The summed E-state index contributed by atoms with van der Waals surface area (Å²) in [6.07, 6.45) is -4.42. The predicted molar refractivity (Wildman–Crippen MR) is 108 cm³/mol. The molecule has 6 heteroatoms. The van der Waals surface area contributed by atoms with E-state index in [1.807, 2.05) is 30.3 Å². The molecule has 1 N–H and O–H groups in total. The minimum absolute atomic E-state index is 0.190. The Kier molecular flexibility index (Phi) is 8.01. The lowest BCUT2D eigenvalue weighted by Gasteiger charge is -2.44. The van der Waals surface area contributed by atoms with Gasteiger partial charge in [0.2, 0.25) is 8.32 Å². The first kappa shape index (κ1) is 22.5. The van der Waals surface area contributed by atoms with E-state index in [2.05, 4.69) is 41.5 Å². The van der Waals surface area contributed by atoms with Gasteiger partial charge in [0.1, 0.15) is 12.2 Å². The van der Waals surface area contributed by atoms with Gasteiger partial charge in [-0.05, 0) is 22.2 Å². The Balaban J connectivity index is 2.10.